The van der Waals surface area contributed by atoms with Crippen LogP contribution in [0.5, 0.6) is 0 Å². The average Bonchev–Trinajstić information content (AvgIpc) is 3.07. The van der Waals surface area contributed by atoms with Crippen molar-refractivity contribution in [3.05, 3.63) is 57.5 Å². The van der Waals surface area contributed by atoms with Crippen molar-refractivity contribution in [2.75, 3.05) is 6.54 Å². The van der Waals surface area contributed by atoms with Gasteiger partial charge < -0.3 is 10.6 Å². The van der Waals surface area contributed by atoms with Gasteiger partial charge in [0.2, 0.25) is 5.91 Å². The van der Waals surface area contributed by atoms with E-state index in [1.165, 1.54) is 11.3 Å². The third-order valence-corrected chi connectivity index (χ3v) is 4.10. The van der Waals surface area contributed by atoms with E-state index in [1.807, 2.05) is 0 Å². The summed E-state index contributed by atoms with van der Waals surface area (Å²) >= 11 is 1.25. The minimum atomic E-state index is -4.71. The van der Waals surface area contributed by atoms with E-state index in [-0.39, 0.29) is 31.0 Å². The third kappa shape index (κ3) is 5.56. The Kier molecular flexibility index (Phi) is 6.13. The smallest absolute Gasteiger partial charge is 0.352 e. The lowest BCUT2D eigenvalue weighted by molar-refractivity contribution is -0.138. The molecule has 0 aliphatic heterocycles. The summed E-state index contributed by atoms with van der Waals surface area (Å²) in [4.78, 5) is 23.9. The molecular weight excluding hydrogens is 360 g/mol. The maximum atomic E-state index is 13.0. The Bertz CT molecular complexity index is 745. The Morgan fingerprint density at radius 2 is 1.88 bits per heavy atom. The highest BCUT2D eigenvalue weighted by atomic mass is 32.1. The van der Waals surface area contributed by atoms with Crippen molar-refractivity contribution in [3.63, 3.8) is 0 Å². The number of amides is 2. The second-order valence-electron chi connectivity index (χ2n) is 5.06. The third-order valence-electron chi connectivity index (χ3n) is 3.24. The molecule has 25 heavy (non-hydrogen) atoms. The fourth-order valence-corrected chi connectivity index (χ4v) is 2.67. The van der Waals surface area contributed by atoms with Gasteiger partial charge in [0.1, 0.15) is 5.82 Å². The summed E-state index contributed by atoms with van der Waals surface area (Å²) in [6.07, 6.45) is -4.80. The lowest BCUT2D eigenvalue weighted by atomic mass is 10.1. The predicted molar refractivity (Wildman–Crippen MR) is 84.5 cm³/mol. The van der Waals surface area contributed by atoms with Gasteiger partial charge >= 0.3 is 6.18 Å². The molecule has 1 aromatic heterocycles. The second-order valence-corrected chi connectivity index (χ2v) is 6.01. The summed E-state index contributed by atoms with van der Waals surface area (Å²) in [6.45, 7) is -0.328. The first kappa shape index (κ1) is 18.9. The first-order valence-electron chi connectivity index (χ1n) is 7.21. The van der Waals surface area contributed by atoms with E-state index in [4.69, 9.17) is 0 Å². The van der Waals surface area contributed by atoms with Crippen LogP contribution in [0.3, 0.4) is 0 Å². The molecule has 2 aromatic rings. The number of carbonyl (C=O) groups excluding carboxylic acids is 2. The van der Waals surface area contributed by atoms with E-state index < -0.39 is 23.5 Å². The molecule has 0 saturated carbocycles. The van der Waals surface area contributed by atoms with Gasteiger partial charge in [-0.15, -0.1) is 11.3 Å². The Morgan fingerprint density at radius 3 is 2.52 bits per heavy atom. The molecule has 2 N–H and O–H groups in total. The van der Waals surface area contributed by atoms with Crippen LogP contribution in [0.15, 0.2) is 35.7 Å². The highest BCUT2D eigenvalue weighted by Crippen LogP contribution is 2.32. The van der Waals surface area contributed by atoms with Crippen molar-refractivity contribution < 1.29 is 27.2 Å². The standard InChI is InChI=1S/C16H14F4N2O2S/c17-11-4-3-10(12(8-11)16(18,19)20)9-22-14(23)5-6-21-15(24)13-2-1-7-25-13/h1-4,7-8H,5-6,9H2,(H,21,24)(H,22,23). The van der Waals surface area contributed by atoms with Crippen LogP contribution in [0.2, 0.25) is 0 Å². The summed E-state index contributed by atoms with van der Waals surface area (Å²) < 4.78 is 51.6. The molecule has 0 fully saturated rings. The Morgan fingerprint density at radius 1 is 1.12 bits per heavy atom. The maximum Gasteiger partial charge on any atom is 0.416 e. The zero-order valence-electron chi connectivity index (χ0n) is 12.8. The van der Waals surface area contributed by atoms with Crippen LogP contribution in [-0.4, -0.2) is 18.4 Å². The molecule has 134 valence electrons. The number of nitrogens with one attached hydrogen (secondary N) is 2. The summed E-state index contributed by atoms with van der Waals surface area (Å²) in [5, 5.41) is 6.61. The van der Waals surface area contributed by atoms with Crippen LogP contribution in [-0.2, 0) is 17.5 Å². The minimum absolute atomic E-state index is 0.0537. The van der Waals surface area contributed by atoms with E-state index in [0.717, 1.165) is 12.1 Å². The normalized spacial score (nSPS) is 11.2. The summed E-state index contributed by atoms with van der Waals surface area (Å²) in [5.41, 5.74) is -1.36. The van der Waals surface area contributed by atoms with Gasteiger partial charge in [-0.3, -0.25) is 9.59 Å². The monoisotopic (exact) mass is 374 g/mol. The predicted octanol–water partition coefficient (Wildman–Crippen LogP) is 3.34. The second kappa shape index (κ2) is 8.11. The van der Waals surface area contributed by atoms with Gasteiger partial charge in [-0.05, 0) is 29.1 Å². The van der Waals surface area contributed by atoms with Gasteiger partial charge in [0.05, 0.1) is 10.4 Å². The van der Waals surface area contributed by atoms with Gasteiger partial charge in [0, 0.05) is 19.5 Å². The minimum Gasteiger partial charge on any atom is -0.352 e. The van der Waals surface area contributed by atoms with E-state index in [1.54, 1.807) is 17.5 Å². The van der Waals surface area contributed by atoms with Crippen LogP contribution >= 0.6 is 11.3 Å². The van der Waals surface area contributed by atoms with Crippen molar-refractivity contribution in [2.45, 2.75) is 19.1 Å². The molecule has 0 aliphatic carbocycles. The van der Waals surface area contributed by atoms with Gasteiger partial charge in [0.15, 0.2) is 0 Å². The van der Waals surface area contributed by atoms with E-state index in [0.29, 0.717) is 10.9 Å². The van der Waals surface area contributed by atoms with Crippen LogP contribution < -0.4 is 10.6 Å². The maximum absolute atomic E-state index is 13.0. The Balaban J connectivity index is 1.83. The number of carbonyl (C=O) groups is 2. The van der Waals surface area contributed by atoms with Gasteiger partial charge in [0.25, 0.3) is 5.91 Å². The molecule has 2 rings (SSSR count). The molecule has 0 bridgehead atoms. The van der Waals surface area contributed by atoms with Crippen molar-refractivity contribution in [1.82, 2.24) is 10.6 Å². The molecular formula is C16H14F4N2O2S. The SMILES string of the molecule is O=C(CCNC(=O)c1cccs1)NCc1ccc(F)cc1C(F)(F)F. The lowest BCUT2D eigenvalue weighted by Gasteiger charge is -2.13. The summed E-state index contributed by atoms with van der Waals surface area (Å²) in [5.74, 6) is -1.84. The highest BCUT2D eigenvalue weighted by molar-refractivity contribution is 7.12. The van der Waals surface area contributed by atoms with Crippen LogP contribution in [0.1, 0.15) is 27.2 Å². The quantitative estimate of drug-likeness (QED) is 0.762. The van der Waals surface area contributed by atoms with Gasteiger partial charge in [-0.25, -0.2) is 4.39 Å². The number of alkyl halides is 3. The van der Waals surface area contributed by atoms with Crippen LogP contribution in [0.4, 0.5) is 17.6 Å². The zero-order chi connectivity index (χ0) is 18.4. The molecule has 2 amide bonds. The molecule has 0 spiro atoms. The van der Waals surface area contributed by atoms with Crippen molar-refractivity contribution in [2.24, 2.45) is 0 Å². The molecule has 0 aliphatic rings. The molecule has 0 unspecified atom stereocenters. The molecule has 9 heteroatoms. The van der Waals surface area contributed by atoms with Crippen molar-refractivity contribution >= 4 is 23.2 Å². The number of thiophene rings is 1. The van der Waals surface area contributed by atoms with Gasteiger partial charge in [-0.1, -0.05) is 12.1 Å². The van der Waals surface area contributed by atoms with E-state index >= 15 is 0 Å². The first-order chi connectivity index (χ1) is 11.8. The van der Waals surface area contributed by atoms with E-state index in [9.17, 15) is 27.2 Å². The number of hydrogen-bond donors (Lipinski definition) is 2. The van der Waals surface area contributed by atoms with E-state index in [2.05, 4.69) is 10.6 Å². The largest absolute Gasteiger partial charge is 0.416 e. The molecule has 0 saturated heterocycles. The molecule has 1 heterocycles. The number of rotatable bonds is 6. The zero-order valence-corrected chi connectivity index (χ0v) is 13.6. The number of halogens is 4. The topological polar surface area (TPSA) is 58.2 Å². The fraction of sp³-hybridized carbons (Fsp3) is 0.250. The van der Waals surface area contributed by atoms with Gasteiger partial charge in [-0.2, -0.15) is 13.2 Å². The Hall–Kier alpha value is -2.42. The van der Waals surface area contributed by atoms with Crippen molar-refractivity contribution in [3.8, 4) is 0 Å². The molecule has 4 nitrogen and oxygen atoms in total. The van der Waals surface area contributed by atoms with Crippen molar-refractivity contribution in [1.29, 1.82) is 0 Å². The molecule has 0 radical (unpaired) electrons. The first-order valence-corrected chi connectivity index (χ1v) is 8.09. The van der Waals surface area contributed by atoms with Crippen LogP contribution in [0, 0.1) is 5.82 Å². The number of benzene rings is 1. The molecule has 1 aromatic carbocycles. The average molecular weight is 374 g/mol. The molecule has 0 atom stereocenters. The fourth-order valence-electron chi connectivity index (χ4n) is 2.03. The lowest BCUT2D eigenvalue weighted by Crippen LogP contribution is -2.30. The Labute approximate surface area is 144 Å². The summed E-state index contributed by atoms with van der Waals surface area (Å²) in [7, 11) is 0. The van der Waals surface area contributed by atoms with Crippen LogP contribution in [0.25, 0.3) is 0 Å². The number of hydrogen-bond acceptors (Lipinski definition) is 3. The summed E-state index contributed by atoms with van der Waals surface area (Å²) in [6, 6.07) is 5.62. The highest BCUT2D eigenvalue weighted by Gasteiger charge is 2.33.